The van der Waals surface area contributed by atoms with Crippen molar-refractivity contribution in [3.05, 3.63) is 53.1 Å². The fraction of sp³-hybridized carbons (Fsp3) is 0.292. The summed E-state index contributed by atoms with van der Waals surface area (Å²) in [7, 11) is 0. The van der Waals surface area contributed by atoms with Gasteiger partial charge in [-0.1, -0.05) is 17.8 Å². The first-order chi connectivity index (χ1) is 14.9. The second-order valence-corrected chi connectivity index (χ2v) is 7.93. The molecule has 3 aromatic rings. The zero-order chi connectivity index (χ0) is 22.4. The molecule has 1 amide bonds. The van der Waals surface area contributed by atoms with Gasteiger partial charge in [-0.05, 0) is 63.1 Å². The van der Waals surface area contributed by atoms with Crippen LogP contribution in [0.4, 0.5) is 5.69 Å². The summed E-state index contributed by atoms with van der Waals surface area (Å²) in [5.41, 5.74) is 4.02. The minimum absolute atomic E-state index is 0.114. The van der Waals surface area contributed by atoms with Crippen LogP contribution in [0.15, 0.2) is 41.4 Å². The van der Waals surface area contributed by atoms with Gasteiger partial charge in [-0.15, -0.1) is 0 Å². The molecule has 31 heavy (non-hydrogen) atoms. The van der Waals surface area contributed by atoms with Gasteiger partial charge in [0, 0.05) is 11.5 Å². The Hall–Kier alpha value is -3.24. The fourth-order valence-corrected chi connectivity index (χ4v) is 4.03. The van der Waals surface area contributed by atoms with Gasteiger partial charge in [-0.3, -0.25) is 4.79 Å². The van der Waals surface area contributed by atoms with Crippen LogP contribution in [0, 0.1) is 25.2 Å². The molecule has 0 spiro atoms. The number of hydrogen-bond acceptors (Lipinski definition) is 6. The average Bonchev–Trinajstić information content (AvgIpc) is 2.73. The number of aryl methyl sites for hydroxylation is 2. The number of rotatable bonds is 8. The lowest BCUT2D eigenvalue weighted by atomic mass is 10.1. The highest BCUT2D eigenvalue weighted by Gasteiger charge is 2.14. The van der Waals surface area contributed by atoms with Gasteiger partial charge >= 0.3 is 0 Å². The van der Waals surface area contributed by atoms with E-state index in [1.807, 2.05) is 39.8 Å². The number of fused-ring (bicyclic) bond motifs is 1. The molecule has 0 fully saturated rings. The normalized spacial score (nSPS) is 10.5. The van der Waals surface area contributed by atoms with E-state index in [2.05, 4.69) is 22.4 Å². The molecule has 160 valence electrons. The van der Waals surface area contributed by atoms with Crippen molar-refractivity contribution in [1.29, 1.82) is 5.26 Å². The minimum atomic E-state index is -0.217. The first kappa shape index (κ1) is 22.4. The molecule has 0 aliphatic heterocycles. The highest BCUT2D eigenvalue weighted by Crippen LogP contribution is 2.31. The van der Waals surface area contributed by atoms with Crippen molar-refractivity contribution in [3.8, 4) is 17.6 Å². The standard InChI is InChI=1S/C24H25N3O3S/c1-5-29-18-7-8-22(30-6-2)21(12-18)26-23(28)14-31-24-17(13-25)11-19-16(4)9-15(3)10-20(19)27-24/h7-12H,5-6,14H2,1-4H3,(H,26,28). The highest BCUT2D eigenvalue weighted by atomic mass is 32.2. The monoisotopic (exact) mass is 435 g/mol. The average molecular weight is 436 g/mol. The summed E-state index contributed by atoms with van der Waals surface area (Å²) < 4.78 is 11.1. The van der Waals surface area contributed by atoms with Gasteiger partial charge in [0.15, 0.2) is 0 Å². The third kappa shape index (κ3) is 5.47. The topological polar surface area (TPSA) is 84.2 Å². The lowest BCUT2D eigenvalue weighted by molar-refractivity contribution is -0.113. The van der Waals surface area contributed by atoms with Crippen molar-refractivity contribution in [3.63, 3.8) is 0 Å². The Morgan fingerprint density at radius 3 is 2.61 bits per heavy atom. The molecule has 0 unspecified atom stereocenters. The second kappa shape index (κ2) is 10.2. The highest BCUT2D eigenvalue weighted by molar-refractivity contribution is 8.00. The van der Waals surface area contributed by atoms with Crippen LogP contribution in [0.3, 0.4) is 0 Å². The summed E-state index contributed by atoms with van der Waals surface area (Å²) in [6.07, 6.45) is 0. The first-order valence-electron chi connectivity index (χ1n) is 10.1. The number of nitrogens with one attached hydrogen (secondary N) is 1. The molecule has 1 heterocycles. The van der Waals surface area contributed by atoms with Gasteiger partial charge < -0.3 is 14.8 Å². The molecule has 0 aliphatic rings. The van der Waals surface area contributed by atoms with Crippen LogP contribution >= 0.6 is 11.8 Å². The molecule has 0 bridgehead atoms. The Bertz CT molecular complexity index is 1150. The molecule has 0 radical (unpaired) electrons. The van der Waals surface area contributed by atoms with Crippen molar-refractivity contribution in [2.75, 3.05) is 24.3 Å². The number of carbonyl (C=O) groups is 1. The number of pyridine rings is 1. The number of anilines is 1. The maximum atomic E-state index is 12.6. The van der Waals surface area contributed by atoms with Crippen molar-refractivity contribution < 1.29 is 14.3 Å². The van der Waals surface area contributed by atoms with Crippen LogP contribution < -0.4 is 14.8 Å². The molecule has 0 atom stereocenters. The summed E-state index contributed by atoms with van der Waals surface area (Å²) in [5.74, 6) is 1.13. The Morgan fingerprint density at radius 2 is 1.90 bits per heavy atom. The molecule has 1 N–H and O–H groups in total. The molecule has 3 rings (SSSR count). The number of ether oxygens (including phenoxy) is 2. The molecule has 0 aliphatic carbocycles. The molecular weight excluding hydrogens is 410 g/mol. The summed E-state index contributed by atoms with van der Waals surface area (Å²) in [6.45, 7) is 8.81. The van der Waals surface area contributed by atoms with E-state index in [-0.39, 0.29) is 11.7 Å². The number of carbonyl (C=O) groups excluding carboxylic acids is 1. The van der Waals surface area contributed by atoms with E-state index in [4.69, 9.17) is 9.47 Å². The predicted molar refractivity (Wildman–Crippen MR) is 124 cm³/mol. The van der Waals surface area contributed by atoms with E-state index in [0.717, 1.165) is 22.0 Å². The zero-order valence-electron chi connectivity index (χ0n) is 18.1. The number of hydrogen-bond donors (Lipinski definition) is 1. The van der Waals surface area contributed by atoms with E-state index in [9.17, 15) is 10.1 Å². The van der Waals surface area contributed by atoms with Crippen LogP contribution in [0.2, 0.25) is 0 Å². The Balaban J connectivity index is 1.79. The van der Waals surface area contributed by atoms with E-state index >= 15 is 0 Å². The van der Waals surface area contributed by atoms with Gasteiger partial charge in [-0.2, -0.15) is 5.26 Å². The fourth-order valence-electron chi connectivity index (χ4n) is 3.27. The quantitative estimate of drug-likeness (QED) is 0.487. The maximum absolute atomic E-state index is 12.6. The number of nitriles is 1. The third-order valence-corrected chi connectivity index (χ3v) is 5.54. The molecule has 0 saturated heterocycles. The number of aromatic nitrogens is 1. The Labute approximate surface area is 186 Å². The second-order valence-electron chi connectivity index (χ2n) is 6.96. The molecule has 7 heteroatoms. The van der Waals surface area contributed by atoms with Gasteiger partial charge in [0.1, 0.15) is 22.6 Å². The van der Waals surface area contributed by atoms with Crippen molar-refractivity contribution >= 4 is 34.3 Å². The smallest absolute Gasteiger partial charge is 0.234 e. The van der Waals surface area contributed by atoms with Gasteiger partial charge in [0.25, 0.3) is 0 Å². The Morgan fingerprint density at radius 1 is 1.13 bits per heavy atom. The molecular formula is C24H25N3O3S. The predicted octanol–water partition coefficient (Wildman–Crippen LogP) is 5.25. The largest absolute Gasteiger partial charge is 0.494 e. The van der Waals surface area contributed by atoms with E-state index in [1.54, 1.807) is 18.2 Å². The van der Waals surface area contributed by atoms with Crippen molar-refractivity contribution in [1.82, 2.24) is 4.98 Å². The summed E-state index contributed by atoms with van der Waals surface area (Å²) >= 11 is 1.24. The number of benzene rings is 2. The molecule has 0 saturated carbocycles. The molecule has 2 aromatic carbocycles. The lowest BCUT2D eigenvalue weighted by Gasteiger charge is -2.13. The van der Waals surface area contributed by atoms with Crippen LogP contribution in [-0.2, 0) is 4.79 Å². The third-order valence-electron chi connectivity index (χ3n) is 4.55. The maximum Gasteiger partial charge on any atom is 0.234 e. The van der Waals surface area contributed by atoms with Gasteiger partial charge in [-0.25, -0.2) is 4.98 Å². The number of amides is 1. The number of thioether (sulfide) groups is 1. The summed E-state index contributed by atoms with van der Waals surface area (Å²) in [6, 6.07) is 13.4. The molecule has 6 nitrogen and oxygen atoms in total. The van der Waals surface area contributed by atoms with Crippen molar-refractivity contribution in [2.45, 2.75) is 32.7 Å². The van der Waals surface area contributed by atoms with E-state index in [0.29, 0.717) is 41.0 Å². The van der Waals surface area contributed by atoms with Crippen LogP contribution in [0.5, 0.6) is 11.5 Å². The van der Waals surface area contributed by atoms with Crippen LogP contribution in [0.25, 0.3) is 10.9 Å². The lowest BCUT2D eigenvalue weighted by Crippen LogP contribution is -2.15. The van der Waals surface area contributed by atoms with Crippen LogP contribution in [-0.4, -0.2) is 29.9 Å². The minimum Gasteiger partial charge on any atom is -0.494 e. The number of nitrogens with zero attached hydrogens (tertiary/aromatic N) is 2. The first-order valence-corrected chi connectivity index (χ1v) is 11.1. The SMILES string of the molecule is CCOc1ccc(OCC)c(NC(=O)CSc2nc3cc(C)cc(C)c3cc2C#N)c1. The van der Waals surface area contributed by atoms with Crippen molar-refractivity contribution in [2.24, 2.45) is 0 Å². The van der Waals surface area contributed by atoms with E-state index < -0.39 is 0 Å². The Kier molecular flexibility index (Phi) is 7.37. The molecule has 1 aromatic heterocycles. The van der Waals surface area contributed by atoms with Gasteiger partial charge in [0.2, 0.25) is 5.91 Å². The zero-order valence-corrected chi connectivity index (χ0v) is 18.9. The summed E-state index contributed by atoms with van der Waals surface area (Å²) in [5, 5.41) is 13.9. The van der Waals surface area contributed by atoms with E-state index in [1.165, 1.54) is 11.8 Å². The van der Waals surface area contributed by atoms with Gasteiger partial charge in [0.05, 0.1) is 35.7 Å². The summed E-state index contributed by atoms with van der Waals surface area (Å²) in [4.78, 5) is 17.3. The van der Waals surface area contributed by atoms with Crippen LogP contribution in [0.1, 0.15) is 30.5 Å².